The van der Waals surface area contributed by atoms with Crippen LogP contribution in [0.15, 0.2) is 52.4 Å². The molecule has 2 aromatic carbocycles. The lowest BCUT2D eigenvalue weighted by Crippen LogP contribution is -2.31. The number of hydrazone groups is 1. The highest BCUT2D eigenvalue weighted by Gasteiger charge is 2.20. The highest BCUT2D eigenvalue weighted by Crippen LogP contribution is 2.19. The Morgan fingerprint density at radius 2 is 1.90 bits per heavy atom. The fourth-order valence-electron chi connectivity index (χ4n) is 2.63. The minimum absolute atomic E-state index is 0.0916. The molecule has 3 rings (SSSR count). The number of nitrogens with zero attached hydrogens (tertiary/aromatic N) is 4. The van der Waals surface area contributed by atoms with Crippen molar-refractivity contribution in [2.24, 2.45) is 5.10 Å². The summed E-state index contributed by atoms with van der Waals surface area (Å²) in [5.74, 6) is -0.675. The number of aromatic nitrogens is 2. The number of nitriles is 1. The van der Waals surface area contributed by atoms with E-state index >= 15 is 0 Å². The SMILES string of the molecule is Cc1ccc(-n2nc(C(=O)N/N=C/c3ccc(Cl)cc3Cl)c(C)c(C#N)c2=O)cc1. The first-order valence-electron chi connectivity index (χ1n) is 8.71. The summed E-state index contributed by atoms with van der Waals surface area (Å²) in [4.78, 5) is 25.3. The van der Waals surface area contributed by atoms with E-state index in [1.165, 1.54) is 13.1 Å². The highest BCUT2D eigenvalue weighted by molar-refractivity contribution is 6.36. The first-order chi connectivity index (χ1) is 14.3. The smallest absolute Gasteiger partial charge is 0.266 e. The van der Waals surface area contributed by atoms with Gasteiger partial charge in [-0.3, -0.25) is 9.59 Å². The molecule has 0 fully saturated rings. The minimum atomic E-state index is -0.675. The zero-order valence-corrected chi connectivity index (χ0v) is 17.5. The zero-order chi connectivity index (χ0) is 21.8. The number of halogens is 2. The fraction of sp³-hybridized carbons (Fsp3) is 0.0952. The van der Waals surface area contributed by atoms with Gasteiger partial charge in [-0.2, -0.15) is 20.1 Å². The second-order valence-corrected chi connectivity index (χ2v) is 7.22. The second kappa shape index (κ2) is 8.91. The first kappa shape index (κ1) is 21.2. The number of carbonyl (C=O) groups excluding carboxylic acids is 1. The number of amides is 1. The van der Waals surface area contributed by atoms with Crippen molar-refractivity contribution in [3.63, 3.8) is 0 Å². The predicted molar refractivity (Wildman–Crippen MR) is 116 cm³/mol. The Hall–Kier alpha value is -3.47. The third-order valence-corrected chi connectivity index (χ3v) is 4.84. The topological polar surface area (TPSA) is 100 Å². The molecule has 0 aliphatic carbocycles. The molecule has 7 nitrogen and oxygen atoms in total. The molecule has 1 N–H and O–H groups in total. The van der Waals surface area contributed by atoms with Crippen LogP contribution >= 0.6 is 23.2 Å². The van der Waals surface area contributed by atoms with Gasteiger partial charge in [0.25, 0.3) is 11.5 Å². The van der Waals surface area contributed by atoms with Crippen LogP contribution in [0.25, 0.3) is 5.69 Å². The lowest BCUT2D eigenvalue weighted by atomic mass is 10.1. The van der Waals surface area contributed by atoms with Crippen molar-refractivity contribution in [2.45, 2.75) is 13.8 Å². The van der Waals surface area contributed by atoms with Gasteiger partial charge in [-0.25, -0.2) is 5.43 Å². The molecule has 0 bridgehead atoms. The van der Waals surface area contributed by atoms with Crippen molar-refractivity contribution >= 4 is 35.3 Å². The molecule has 1 amide bonds. The van der Waals surface area contributed by atoms with Gasteiger partial charge >= 0.3 is 0 Å². The summed E-state index contributed by atoms with van der Waals surface area (Å²) in [5, 5.41) is 18.3. The van der Waals surface area contributed by atoms with Crippen LogP contribution in [0.2, 0.25) is 10.0 Å². The largest absolute Gasteiger partial charge is 0.292 e. The van der Waals surface area contributed by atoms with Crippen LogP contribution in [0.4, 0.5) is 0 Å². The van der Waals surface area contributed by atoms with Crippen LogP contribution in [0.3, 0.4) is 0 Å². The van der Waals surface area contributed by atoms with Crippen LogP contribution in [0.5, 0.6) is 0 Å². The third kappa shape index (κ3) is 4.40. The van der Waals surface area contributed by atoms with Gasteiger partial charge in [0.2, 0.25) is 0 Å². The first-order valence-corrected chi connectivity index (χ1v) is 9.47. The van der Waals surface area contributed by atoms with Gasteiger partial charge in [-0.05, 0) is 38.1 Å². The molecule has 1 aromatic heterocycles. The van der Waals surface area contributed by atoms with E-state index in [1.807, 2.05) is 13.0 Å². The van der Waals surface area contributed by atoms with E-state index in [2.05, 4.69) is 15.6 Å². The molecule has 3 aromatic rings. The van der Waals surface area contributed by atoms with Crippen molar-refractivity contribution in [3.8, 4) is 11.8 Å². The van der Waals surface area contributed by atoms with Gasteiger partial charge in [-0.1, -0.05) is 47.0 Å². The van der Waals surface area contributed by atoms with E-state index in [0.29, 0.717) is 21.3 Å². The number of benzene rings is 2. The van der Waals surface area contributed by atoms with Crippen molar-refractivity contribution in [1.29, 1.82) is 5.26 Å². The zero-order valence-electron chi connectivity index (χ0n) is 16.0. The summed E-state index contributed by atoms with van der Waals surface area (Å²) >= 11 is 11.9. The molecular weight excluding hydrogens is 425 g/mol. The molecule has 0 saturated carbocycles. The Morgan fingerprint density at radius 1 is 1.20 bits per heavy atom. The Kier molecular flexibility index (Phi) is 6.31. The summed E-state index contributed by atoms with van der Waals surface area (Å²) in [5.41, 5.74) is 3.63. The van der Waals surface area contributed by atoms with Crippen molar-refractivity contribution in [2.75, 3.05) is 0 Å². The summed E-state index contributed by atoms with van der Waals surface area (Å²) in [7, 11) is 0. The van der Waals surface area contributed by atoms with Crippen LogP contribution in [0.1, 0.15) is 32.7 Å². The van der Waals surface area contributed by atoms with Gasteiger partial charge in [0.1, 0.15) is 11.6 Å². The Bertz CT molecular complexity index is 1260. The number of carbonyl (C=O) groups is 1. The summed E-state index contributed by atoms with van der Waals surface area (Å²) in [6.45, 7) is 3.39. The maximum Gasteiger partial charge on any atom is 0.292 e. The maximum atomic E-state index is 12.6. The number of hydrogen-bond acceptors (Lipinski definition) is 5. The molecule has 9 heteroatoms. The lowest BCUT2D eigenvalue weighted by Gasteiger charge is -2.10. The lowest BCUT2D eigenvalue weighted by molar-refractivity contribution is 0.0947. The molecule has 0 unspecified atom stereocenters. The number of rotatable bonds is 4. The van der Waals surface area contributed by atoms with E-state index in [0.717, 1.165) is 10.2 Å². The van der Waals surface area contributed by atoms with Crippen LogP contribution in [-0.4, -0.2) is 21.9 Å². The fourth-order valence-corrected chi connectivity index (χ4v) is 3.09. The number of aryl methyl sites for hydroxylation is 1. The predicted octanol–water partition coefficient (Wildman–Crippen LogP) is 3.79. The Morgan fingerprint density at radius 3 is 2.53 bits per heavy atom. The Balaban J connectivity index is 1.96. The van der Waals surface area contributed by atoms with Gasteiger partial charge in [-0.15, -0.1) is 0 Å². The molecule has 0 aliphatic rings. The molecule has 0 atom stereocenters. The molecule has 0 saturated heterocycles. The van der Waals surface area contributed by atoms with Gasteiger partial charge in [0, 0.05) is 16.1 Å². The molecule has 0 radical (unpaired) electrons. The average molecular weight is 440 g/mol. The summed E-state index contributed by atoms with van der Waals surface area (Å²) in [6, 6.07) is 13.7. The van der Waals surface area contributed by atoms with Gasteiger partial charge in [0.15, 0.2) is 5.69 Å². The van der Waals surface area contributed by atoms with Crippen LogP contribution < -0.4 is 11.0 Å². The van der Waals surface area contributed by atoms with Crippen molar-refractivity contribution < 1.29 is 4.79 Å². The molecule has 0 aliphatic heterocycles. The quantitative estimate of drug-likeness (QED) is 0.493. The molecule has 150 valence electrons. The third-order valence-electron chi connectivity index (χ3n) is 4.27. The Labute approximate surface area is 182 Å². The van der Waals surface area contributed by atoms with Gasteiger partial charge in [0.05, 0.1) is 16.9 Å². The van der Waals surface area contributed by atoms with Crippen LogP contribution in [-0.2, 0) is 0 Å². The highest BCUT2D eigenvalue weighted by atomic mass is 35.5. The standard InChI is InChI=1S/C21H15Cl2N5O2/c1-12-3-7-16(8-4-12)28-21(30)17(10-24)13(2)19(27-28)20(29)26-25-11-14-5-6-15(22)9-18(14)23/h3-9,11H,1-2H3,(H,26,29)/b25-11+. The minimum Gasteiger partial charge on any atom is -0.266 e. The van der Waals surface area contributed by atoms with Gasteiger partial charge < -0.3 is 0 Å². The summed E-state index contributed by atoms with van der Waals surface area (Å²) in [6.07, 6.45) is 1.35. The number of hydrogen-bond donors (Lipinski definition) is 1. The van der Waals surface area contributed by atoms with E-state index in [4.69, 9.17) is 23.2 Å². The average Bonchev–Trinajstić information content (AvgIpc) is 2.71. The normalized spacial score (nSPS) is 10.8. The molecule has 0 spiro atoms. The van der Waals surface area contributed by atoms with E-state index in [1.54, 1.807) is 42.5 Å². The second-order valence-electron chi connectivity index (χ2n) is 6.38. The van der Waals surface area contributed by atoms with Crippen molar-refractivity contribution in [1.82, 2.24) is 15.2 Å². The monoisotopic (exact) mass is 439 g/mol. The number of nitrogens with one attached hydrogen (secondary N) is 1. The molecule has 30 heavy (non-hydrogen) atoms. The maximum absolute atomic E-state index is 12.6. The van der Waals surface area contributed by atoms with E-state index < -0.39 is 11.5 Å². The molecule has 1 heterocycles. The van der Waals surface area contributed by atoms with Crippen molar-refractivity contribution in [3.05, 3.63) is 90.8 Å². The molecular formula is C21H15Cl2N5O2. The van der Waals surface area contributed by atoms with E-state index in [-0.39, 0.29) is 16.8 Å². The van der Waals surface area contributed by atoms with E-state index in [9.17, 15) is 14.9 Å². The van der Waals surface area contributed by atoms with Crippen LogP contribution in [0, 0.1) is 25.2 Å². The summed E-state index contributed by atoms with van der Waals surface area (Å²) < 4.78 is 1.03.